The van der Waals surface area contributed by atoms with Crippen molar-refractivity contribution in [1.82, 2.24) is 4.98 Å². The average Bonchev–Trinajstić information content (AvgIpc) is 2.44. The van der Waals surface area contributed by atoms with Crippen molar-refractivity contribution in [2.75, 3.05) is 6.61 Å². The number of hydrogen-bond acceptors (Lipinski definition) is 3. The van der Waals surface area contributed by atoms with E-state index in [0.717, 1.165) is 5.56 Å². The molecule has 3 nitrogen and oxygen atoms in total. The monoisotopic (exact) mass is 361 g/mol. The van der Waals surface area contributed by atoms with Gasteiger partial charge in [0.2, 0.25) is 0 Å². The fourth-order valence-corrected chi connectivity index (χ4v) is 1.82. The molecule has 112 valence electrons. The maximum atomic E-state index is 12.2. The Kier molecular flexibility index (Phi) is 5.06. The topological polar surface area (TPSA) is 31.4 Å². The molecule has 2 rings (SSSR count). The van der Waals surface area contributed by atoms with E-state index in [1.807, 2.05) is 30.3 Å². The lowest BCUT2D eigenvalue weighted by atomic mass is 10.2. The third-order valence-electron chi connectivity index (χ3n) is 2.39. The average molecular weight is 362 g/mol. The minimum Gasteiger partial charge on any atom is -0.478 e. The summed E-state index contributed by atoms with van der Waals surface area (Å²) in [5.74, 6) is -0.0380. The normalized spacial score (nSPS) is 11.2. The molecule has 21 heavy (non-hydrogen) atoms. The maximum absolute atomic E-state index is 12.2. The van der Waals surface area contributed by atoms with Gasteiger partial charge in [-0.3, -0.25) is 0 Å². The molecule has 0 amide bonds. The van der Waals surface area contributed by atoms with Crippen molar-refractivity contribution < 1.29 is 22.6 Å². The fraction of sp³-hybridized carbons (Fsp3) is 0.214. The molecule has 0 bridgehead atoms. The van der Waals surface area contributed by atoms with Crippen LogP contribution in [0.25, 0.3) is 0 Å². The third kappa shape index (κ3) is 5.26. The highest BCUT2D eigenvalue weighted by molar-refractivity contribution is 9.10. The van der Waals surface area contributed by atoms with Gasteiger partial charge in [0.1, 0.15) is 6.61 Å². The van der Waals surface area contributed by atoms with Crippen molar-refractivity contribution in [3.63, 3.8) is 0 Å². The summed E-state index contributed by atoms with van der Waals surface area (Å²) in [6, 6.07) is 10.6. The Morgan fingerprint density at radius 3 is 2.48 bits per heavy atom. The first-order valence-corrected chi connectivity index (χ1v) is 6.75. The minimum atomic E-state index is -4.42. The number of halogens is 4. The second-order valence-electron chi connectivity index (χ2n) is 4.13. The maximum Gasteiger partial charge on any atom is 0.422 e. The molecule has 0 atom stereocenters. The number of hydrogen-bond donors (Lipinski definition) is 0. The van der Waals surface area contributed by atoms with E-state index in [-0.39, 0.29) is 18.2 Å². The standard InChI is InChI=1S/C14H11BrF3NO2/c15-11-6-12(21-9-14(16,17)18)13(19-7-11)20-8-10-4-2-1-3-5-10/h1-7H,8-9H2. The first-order valence-electron chi connectivity index (χ1n) is 5.96. The molecule has 0 spiro atoms. The van der Waals surface area contributed by atoms with Crippen LogP contribution >= 0.6 is 15.9 Å². The zero-order valence-electron chi connectivity index (χ0n) is 10.7. The van der Waals surface area contributed by atoms with Gasteiger partial charge >= 0.3 is 6.18 Å². The SMILES string of the molecule is FC(F)(F)COc1cc(Br)cnc1OCc1ccccc1. The summed E-state index contributed by atoms with van der Waals surface area (Å²) >= 11 is 3.13. The van der Waals surface area contributed by atoms with E-state index in [4.69, 9.17) is 9.47 Å². The summed E-state index contributed by atoms with van der Waals surface area (Å²) in [5.41, 5.74) is 0.879. The molecular formula is C14H11BrF3NO2. The summed E-state index contributed by atoms with van der Waals surface area (Å²) in [5, 5.41) is 0. The van der Waals surface area contributed by atoms with E-state index in [0.29, 0.717) is 4.47 Å². The van der Waals surface area contributed by atoms with Crippen molar-refractivity contribution in [1.29, 1.82) is 0 Å². The van der Waals surface area contributed by atoms with Crippen LogP contribution in [0.15, 0.2) is 47.1 Å². The van der Waals surface area contributed by atoms with Gasteiger partial charge in [-0.2, -0.15) is 13.2 Å². The molecule has 1 aromatic carbocycles. The number of aromatic nitrogens is 1. The first-order chi connectivity index (χ1) is 9.94. The zero-order valence-corrected chi connectivity index (χ0v) is 12.3. The van der Waals surface area contributed by atoms with Gasteiger partial charge < -0.3 is 9.47 Å². The number of alkyl halides is 3. The van der Waals surface area contributed by atoms with Crippen LogP contribution in [0.1, 0.15) is 5.56 Å². The number of ether oxygens (including phenoxy) is 2. The molecule has 0 N–H and O–H groups in total. The van der Waals surface area contributed by atoms with E-state index >= 15 is 0 Å². The first kappa shape index (κ1) is 15.6. The lowest BCUT2D eigenvalue weighted by Gasteiger charge is -2.13. The van der Waals surface area contributed by atoms with Gasteiger partial charge in [0.25, 0.3) is 5.88 Å². The van der Waals surface area contributed by atoms with Crippen molar-refractivity contribution >= 4 is 15.9 Å². The van der Waals surface area contributed by atoms with Crippen LogP contribution in [-0.4, -0.2) is 17.8 Å². The van der Waals surface area contributed by atoms with Crippen LogP contribution in [0.3, 0.4) is 0 Å². The highest BCUT2D eigenvalue weighted by Gasteiger charge is 2.29. The van der Waals surface area contributed by atoms with Gasteiger partial charge in [0.05, 0.1) is 0 Å². The molecule has 2 aromatic rings. The highest BCUT2D eigenvalue weighted by atomic mass is 79.9. The van der Waals surface area contributed by atoms with Crippen molar-refractivity contribution in [3.05, 3.63) is 52.6 Å². The minimum absolute atomic E-state index is 0.0197. The van der Waals surface area contributed by atoms with Crippen LogP contribution in [0, 0.1) is 0 Å². The molecule has 0 fully saturated rings. The van der Waals surface area contributed by atoms with Gasteiger partial charge in [-0.15, -0.1) is 0 Å². The molecule has 0 radical (unpaired) electrons. The van der Waals surface area contributed by atoms with E-state index in [1.54, 1.807) is 0 Å². The Morgan fingerprint density at radius 1 is 1.10 bits per heavy atom. The van der Waals surface area contributed by atoms with Crippen LogP contribution in [-0.2, 0) is 6.61 Å². The Labute approximate surface area is 127 Å². The van der Waals surface area contributed by atoms with Crippen LogP contribution in [0.5, 0.6) is 11.6 Å². The molecule has 1 aromatic heterocycles. The fourth-order valence-electron chi connectivity index (χ4n) is 1.51. The van der Waals surface area contributed by atoms with Crippen molar-refractivity contribution in [3.8, 4) is 11.6 Å². The Bertz CT molecular complexity index is 591. The quantitative estimate of drug-likeness (QED) is 0.792. The predicted molar refractivity (Wildman–Crippen MR) is 74.3 cm³/mol. The second-order valence-corrected chi connectivity index (χ2v) is 5.05. The van der Waals surface area contributed by atoms with E-state index in [2.05, 4.69) is 20.9 Å². The second kappa shape index (κ2) is 6.80. The molecule has 0 saturated heterocycles. The Balaban J connectivity index is 2.07. The van der Waals surface area contributed by atoms with Gasteiger partial charge in [-0.05, 0) is 21.5 Å². The van der Waals surface area contributed by atoms with Crippen LogP contribution < -0.4 is 9.47 Å². The molecule has 0 aliphatic rings. The van der Waals surface area contributed by atoms with Crippen LogP contribution in [0.2, 0.25) is 0 Å². The largest absolute Gasteiger partial charge is 0.478 e. The number of nitrogens with zero attached hydrogens (tertiary/aromatic N) is 1. The summed E-state index contributed by atoms with van der Waals surface area (Å²) in [6.45, 7) is -1.20. The molecule has 0 unspecified atom stereocenters. The molecule has 0 aliphatic heterocycles. The van der Waals surface area contributed by atoms with Gasteiger partial charge in [-0.1, -0.05) is 30.3 Å². The van der Waals surface area contributed by atoms with Crippen LogP contribution in [0.4, 0.5) is 13.2 Å². The summed E-state index contributed by atoms with van der Waals surface area (Å²) in [4.78, 5) is 3.93. The molecule has 0 saturated carbocycles. The van der Waals surface area contributed by atoms with E-state index in [9.17, 15) is 13.2 Å². The molecule has 1 heterocycles. The summed E-state index contributed by atoms with van der Waals surface area (Å²) in [6.07, 6.45) is -2.99. The van der Waals surface area contributed by atoms with E-state index < -0.39 is 12.8 Å². The van der Waals surface area contributed by atoms with Gasteiger partial charge in [0, 0.05) is 16.7 Å². The number of rotatable bonds is 5. The number of pyridine rings is 1. The van der Waals surface area contributed by atoms with Crippen molar-refractivity contribution in [2.24, 2.45) is 0 Å². The smallest absolute Gasteiger partial charge is 0.422 e. The lowest BCUT2D eigenvalue weighted by Crippen LogP contribution is -2.19. The zero-order chi connectivity index (χ0) is 15.3. The number of benzene rings is 1. The summed E-state index contributed by atoms with van der Waals surface area (Å²) in [7, 11) is 0. The molecule has 0 aliphatic carbocycles. The van der Waals surface area contributed by atoms with Gasteiger partial charge in [0.15, 0.2) is 12.4 Å². The Morgan fingerprint density at radius 2 is 1.81 bits per heavy atom. The highest BCUT2D eigenvalue weighted by Crippen LogP contribution is 2.30. The predicted octanol–water partition coefficient (Wildman–Crippen LogP) is 4.36. The van der Waals surface area contributed by atoms with E-state index in [1.165, 1.54) is 12.3 Å². The van der Waals surface area contributed by atoms with Gasteiger partial charge in [-0.25, -0.2) is 4.98 Å². The Hall–Kier alpha value is -1.76. The van der Waals surface area contributed by atoms with Crippen molar-refractivity contribution in [2.45, 2.75) is 12.8 Å². The molecule has 7 heteroatoms. The third-order valence-corrected chi connectivity index (χ3v) is 2.83. The molecular weight excluding hydrogens is 351 g/mol. The summed E-state index contributed by atoms with van der Waals surface area (Å²) < 4.78 is 47.3. The lowest BCUT2D eigenvalue weighted by molar-refractivity contribution is -0.153.